The van der Waals surface area contributed by atoms with Crippen LogP contribution in [0.5, 0.6) is 11.5 Å². The molecule has 0 spiro atoms. The van der Waals surface area contributed by atoms with Gasteiger partial charge in [-0.2, -0.15) is 0 Å². The maximum atomic E-state index is 6.14. The minimum absolute atomic E-state index is 0.432. The van der Waals surface area contributed by atoms with E-state index in [2.05, 4.69) is 18.7 Å². The van der Waals surface area contributed by atoms with E-state index in [1.54, 1.807) is 14.2 Å². The zero-order chi connectivity index (χ0) is 14.0. The monoisotopic (exact) mass is 264 g/mol. The van der Waals surface area contributed by atoms with Crippen LogP contribution in [0.1, 0.15) is 26.7 Å². The van der Waals surface area contributed by atoms with Gasteiger partial charge in [-0.1, -0.05) is 13.8 Å². The van der Waals surface area contributed by atoms with E-state index in [9.17, 15) is 0 Å². The zero-order valence-electron chi connectivity index (χ0n) is 12.3. The van der Waals surface area contributed by atoms with Gasteiger partial charge >= 0.3 is 0 Å². The molecule has 0 saturated carbocycles. The van der Waals surface area contributed by atoms with Crippen molar-refractivity contribution in [1.82, 2.24) is 0 Å². The lowest BCUT2D eigenvalue weighted by Crippen LogP contribution is -2.37. The normalized spacial score (nSPS) is 18.2. The summed E-state index contributed by atoms with van der Waals surface area (Å²) in [5.41, 5.74) is 8.37. The summed E-state index contributed by atoms with van der Waals surface area (Å²) < 4.78 is 10.6. The van der Waals surface area contributed by atoms with Crippen molar-refractivity contribution in [1.29, 1.82) is 0 Å². The second-order valence-corrected chi connectivity index (χ2v) is 5.92. The fourth-order valence-electron chi connectivity index (χ4n) is 2.51. The summed E-state index contributed by atoms with van der Waals surface area (Å²) in [4.78, 5) is 2.34. The van der Waals surface area contributed by atoms with Crippen molar-refractivity contribution in [2.45, 2.75) is 26.7 Å². The minimum atomic E-state index is 0.432. The molecule has 0 amide bonds. The van der Waals surface area contributed by atoms with E-state index in [1.807, 2.05) is 12.1 Å². The van der Waals surface area contributed by atoms with E-state index in [0.717, 1.165) is 30.2 Å². The summed E-state index contributed by atoms with van der Waals surface area (Å²) in [5.74, 6) is 1.41. The maximum absolute atomic E-state index is 6.14. The Kier molecular flexibility index (Phi) is 3.78. The van der Waals surface area contributed by atoms with Crippen LogP contribution in [-0.4, -0.2) is 27.3 Å². The highest BCUT2D eigenvalue weighted by Gasteiger charge is 2.26. The number of ether oxygens (including phenoxy) is 2. The van der Waals surface area contributed by atoms with Gasteiger partial charge in [-0.3, -0.25) is 0 Å². The first-order valence-corrected chi connectivity index (χ1v) is 6.73. The lowest BCUT2D eigenvalue weighted by Gasteiger charge is -2.38. The second-order valence-electron chi connectivity index (χ2n) is 5.92. The average Bonchev–Trinajstić information content (AvgIpc) is 2.39. The number of benzene rings is 1. The predicted octanol–water partition coefficient (Wildman–Crippen LogP) is 2.91. The third kappa shape index (κ3) is 2.88. The summed E-state index contributed by atoms with van der Waals surface area (Å²) in [7, 11) is 3.28. The van der Waals surface area contributed by atoms with Gasteiger partial charge in [0.25, 0.3) is 0 Å². The van der Waals surface area contributed by atoms with Crippen LogP contribution in [0.25, 0.3) is 0 Å². The Balaban J connectivity index is 2.25. The third-order valence-electron chi connectivity index (χ3n) is 3.99. The van der Waals surface area contributed by atoms with Crippen molar-refractivity contribution in [2.75, 3.05) is 37.9 Å². The van der Waals surface area contributed by atoms with Gasteiger partial charge < -0.3 is 20.1 Å². The zero-order valence-corrected chi connectivity index (χ0v) is 12.3. The highest BCUT2D eigenvalue weighted by molar-refractivity contribution is 5.73. The number of methoxy groups -OCH3 is 2. The van der Waals surface area contributed by atoms with Crippen LogP contribution in [0.4, 0.5) is 11.4 Å². The Labute approximate surface area is 115 Å². The van der Waals surface area contributed by atoms with Crippen LogP contribution in [0.2, 0.25) is 0 Å². The van der Waals surface area contributed by atoms with Crippen LogP contribution >= 0.6 is 0 Å². The second kappa shape index (κ2) is 5.19. The number of rotatable bonds is 3. The van der Waals surface area contributed by atoms with Crippen molar-refractivity contribution < 1.29 is 9.47 Å². The molecule has 1 aliphatic heterocycles. The smallest absolute Gasteiger partial charge is 0.162 e. The van der Waals surface area contributed by atoms with Crippen molar-refractivity contribution in [3.05, 3.63) is 12.1 Å². The lowest BCUT2D eigenvalue weighted by atomic mass is 9.82. The molecule has 1 aliphatic rings. The van der Waals surface area contributed by atoms with Gasteiger partial charge in [-0.05, 0) is 18.3 Å². The molecule has 1 aromatic rings. The van der Waals surface area contributed by atoms with Crippen LogP contribution in [0, 0.1) is 5.41 Å². The Morgan fingerprint density at radius 3 is 2.11 bits per heavy atom. The number of nitrogen functional groups attached to an aromatic ring is 1. The molecule has 4 heteroatoms. The fraction of sp³-hybridized carbons (Fsp3) is 0.600. The molecule has 1 heterocycles. The van der Waals surface area contributed by atoms with Gasteiger partial charge in [0.1, 0.15) is 0 Å². The summed E-state index contributed by atoms with van der Waals surface area (Å²) in [6.07, 6.45) is 2.36. The Hall–Kier alpha value is -1.58. The van der Waals surface area contributed by atoms with E-state index in [4.69, 9.17) is 15.2 Å². The molecular weight excluding hydrogens is 240 g/mol. The van der Waals surface area contributed by atoms with Crippen LogP contribution in [0.3, 0.4) is 0 Å². The number of piperidine rings is 1. The molecule has 0 unspecified atom stereocenters. The van der Waals surface area contributed by atoms with Crippen LogP contribution in [0.15, 0.2) is 12.1 Å². The number of nitrogens with zero attached hydrogens (tertiary/aromatic N) is 1. The summed E-state index contributed by atoms with van der Waals surface area (Å²) in [6.45, 7) is 6.71. The summed E-state index contributed by atoms with van der Waals surface area (Å²) >= 11 is 0. The fourth-order valence-corrected chi connectivity index (χ4v) is 2.51. The highest BCUT2D eigenvalue weighted by atomic mass is 16.5. The Bertz CT molecular complexity index is 448. The standard InChI is InChI=1S/C15H24N2O2/c1-15(2)5-7-17(8-6-15)12-10-14(19-4)13(18-3)9-11(12)16/h9-10H,5-8,16H2,1-4H3. The molecular formula is C15H24N2O2. The third-order valence-corrected chi connectivity index (χ3v) is 3.99. The van der Waals surface area contributed by atoms with Gasteiger partial charge in [-0.15, -0.1) is 0 Å². The van der Waals surface area contributed by atoms with E-state index in [0.29, 0.717) is 11.2 Å². The van der Waals surface area contributed by atoms with E-state index in [-0.39, 0.29) is 0 Å². The van der Waals surface area contributed by atoms with E-state index in [1.165, 1.54) is 12.8 Å². The highest BCUT2D eigenvalue weighted by Crippen LogP contribution is 2.39. The first kappa shape index (κ1) is 13.8. The predicted molar refractivity (Wildman–Crippen MR) is 79.2 cm³/mol. The van der Waals surface area contributed by atoms with Crippen molar-refractivity contribution in [3.8, 4) is 11.5 Å². The van der Waals surface area contributed by atoms with Crippen LogP contribution in [-0.2, 0) is 0 Å². The molecule has 19 heavy (non-hydrogen) atoms. The first-order chi connectivity index (χ1) is 8.96. The topological polar surface area (TPSA) is 47.7 Å². The van der Waals surface area contributed by atoms with Gasteiger partial charge in [0.05, 0.1) is 25.6 Å². The summed E-state index contributed by atoms with van der Waals surface area (Å²) in [6, 6.07) is 3.82. The van der Waals surface area contributed by atoms with Gasteiger partial charge in [0, 0.05) is 25.2 Å². The number of hydrogen-bond acceptors (Lipinski definition) is 4. The van der Waals surface area contributed by atoms with Crippen molar-refractivity contribution >= 4 is 11.4 Å². The van der Waals surface area contributed by atoms with Crippen molar-refractivity contribution in [2.24, 2.45) is 5.41 Å². The lowest BCUT2D eigenvalue weighted by molar-refractivity contribution is 0.279. The molecule has 1 fully saturated rings. The number of anilines is 2. The molecule has 0 aromatic heterocycles. The average molecular weight is 264 g/mol. The first-order valence-electron chi connectivity index (χ1n) is 6.73. The molecule has 2 rings (SSSR count). The van der Waals surface area contributed by atoms with Gasteiger partial charge in [-0.25, -0.2) is 0 Å². The molecule has 2 N–H and O–H groups in total. The molecule has 1 aromatic carbocycles. The minimum Gasteiger partial charge on any atom is -0.493 e. The van der Waals surface area contributed by atoms with Crippen molar-refractivity contribution in [3.63, 3.8) is 0 Å². The van der Waals surface area contributed by atoms with Gasteiger partial charge in [0.2, 0.25) is 0 Å². The quantitative estimate of drug-likeness (QED) is 0.853. The molecule has 106 valence electrons. The van der Waals surface area contributed by atoms with E-state index >= 15 is 0 Å². The molecule has 0 aliphatic carbocycles. The molecule has 0 radical (unpaired) electrons. The SMILES string of the molecule is COc1cc(N)c(N2CCC(C)(C)CC2)cc1OC. The maximum Gasteiger partial charge on any atom is 0.162 e. The molecule has 4 nitrogen and oxygen atoms in total. The molecule has 1 saturated heterocycles. The number of hydrogen-bond donors (Lipinski definition) is 1. The largest absolute Gasteiger partial charge is 0.493 e. The number of nitrogens with two attached hydrogens (primary N) is 1. The Morgan fingerprint density at radius 2 is 1.58 bits per heavy atom. The van der Waals surface area contributed by atoms with Crippen LogP contribution < -0.4 is 20.1 Å². The van der Waals surface area contributed by atoms with Gasteiger partial charge in [0.15, 0.2) is 11.5 Å². The molecule has 0 bridgehead atoms. The molecule has 0 atom stereocenters. The van der Waals surface area contributed by atoms with E-state index < -0.39 is 0 Å². The summed E-state index contributed by atoms with van der Waals surface area (Å²) in [5, 5.41) is 0. The Morgan fingerprint density at radius 1 is 1.05 bits per heavy atom.